The van der Waals surface area contributed by atoms with Crippen LogP contribution in [0.25, 0.3) is 0 Å². The molecule has 4 heteroatoms. The van der Waals surface area contributed by atoms with E-state index in [1.165, 1.54) is 12.8 Å². The quantitative estimate of drug-likeness (QED) is 0.786. The lowest BCUT2D eigenvalue weighted by Gasteiger charge is -2.34. The van der Waals surface area contributed by atoms with Crippen molar-refractivity contribution in [3.8, 4) is 0 Å². The molecule has 1 aromatic rings. The number of hydrogen-bond donors (Lipinski definition) is 1. The van der Waals surface area contributed by atoms with E-state index >= 15 is 0 Å². The summed E-state index contributed by atoms with van der Waals surface area (Å²) in [5.74, 6) is 0. The maximum atomic E-state index is 5.74. The predicted molar refractivity (Wildman–Crippen MR) is 57.0 cm³/mol. The first-order chi connectivity index (χ1) is 6.22. The number of nitrogen functional groups attached to an aromatic ring is 1. The van der Waals surface area contributed by atoms with Crippen LogP contribution in [0.2, 0.25) is 0 Å². The van der Waals surface area contributed by atoms with Crippen molar-refractivity contribution in [2.45, 2.75) is 31.1 Å². The average molecular weight is 197 g/mol. The van der Waals surface area contributed by atoms with E-state index in [0.29, 0.717) is 6.04 Å². The molecule has 0 amide bonds. The van der Waals surface area contributed by atoms with Gasteiger partial charge in [0.1, 0.15) is 0 Å². The number of rotatable bonds is 2. The molecular formula is C9H15N3S. The second kappa shape index (κ2) is 3.25. The minimum atomic E-state index is 0.592. The van der Waals surface area contributed by atoms with E-state index in [2.05, 4.69) is 16.0 Å². The van der Waals surface area contributed by atoms with Gasteiger partial charge < -0.3 is 5.73 Å². The maximum Gasteiger partial charge on any atom is 0.0730 e. The van der Waals surface area contributed by atoms with Gasteiger partial charge in [0.05, 0.1) is 23.6 Å². The van der Waals surface area contributed by atoms with E-state index in [0.717, 1.165) is 16.6 Å². The van der Waals surface area contributed by atoms with Crippen LogP contribution in [0.1, 0.15) is 24.6 Å². The molecule has 13 heavy (non-hydrogen) atoms. The van der Waals surface area contributed by atoms with Crippen LogP contribution in [0.3, 0.4) is 0 Å². The SMILES string of the molecule is CS[C@H]1C[C@@H](n2ncc(N)c2C)C1. The van der Waals surface area contributed by atoms with Crippen LogP contribution in [-0.2, 0) is 0 Å². The summed E-state index contributed by atoms with van der Waals surface area (Å²) in [5.41, 5.74) is 7.66. The molecule has 1 saturated carbocycles. The number of hydrogen-bond acceptors (Lipinski definition) is 3. The van der Waals surface area contributed by atoms with Crippen LogP contribution >= 0.6 is 11.8 Å². The zero-order valence-corrected chi connectivity index (χ0v) is 8.84. The molecule has 0 bridgehead atoms. The van der Waals surface area contributed by atoms with E-state index < -0.39 is 0 Å². The predicted octanol–water partition coefficient (Wildman–Crippen LogP) is 1.84. The molecule has 0 spiro atoms. The van der Waals surface area contributed by atoms with Crippen molar-refractivity contribution in [2.24, 2.45) is 0 Å². The van der Waals surface area contributed by atoms with Gasteiger partial charge in [0.25, 0.3) is 0 Å². The van der Waals surface area contributed by atoms with Gasteiger partial charge in [0.15, 0.2) is 0 Å². The zero-order valence-electron chi connectivity index (χ0n) is 8.03. The Labute approximate surface area is 82.7 Å². The van der Waals surface area contributed by atoms with Crippen molar-refractivity contribution >= 4 is 17.4 Å². The summed E-state index contributed by atoms with van der Waals surface area (Å²) in [4.78, 5) is 0. The van der Waals surface area contributed by atoms with Gasteiger partial charge in [-0.25, -0.2) is 0 Å². The lowest BCUT2D eigenvalue weighted by atomic mass is 9.92. The standard InChI is InChI=1S/C9H15N3S/c1-6-9(10)5-11-12(6)7-3-8(4-7)13-2/h5,7-8H,3-4,10H2,1-2H3/t7-,8+. The zero-order chi connectivity index (χ0) is 9.42. The molecule has 0 saturated heterocycles. The van der Waals surface area contributed by atoms with Crippen LogP contribution in [0, 0.1) is 6.92 Å². The highest BCUT2D eigenvalue weighted by molar-refractivity contribution is 7.99. The lowest BCUT2D eigenvalue weighted by molar-refractivity contribution is 0.296. The van der Waals surface area contributed by atoms with Gasteiger partial charge in [0.2, 0.25) is 0 Å². The minimum Gasteiger partial charge on any atom is -0.396 e. The van der Waals surface area contributed by atoms with E-state index in [-0.39, 0.29) is 0 Å². The third-order valence-corrected chi connectivity index (χ3v) is 3.88. The first-order valence-corrected chi connectivity index (χ1v) is 5.83. The van der Waals surface area contributed by atoms with Crippen molar-refractivity contribution in [3.63, 3.8) is 0 Å². The summed E-state index contributed by atoms with van der Waals surface area (Å²) in [5, 5.41) is 5.12. The Hall–Kier alpha value is -0.640. The van der Waals surface area contributed by atoms with Gasteiger partial charge in [-0.2, -0.15) is 16.9 Å². The second-order valence-corrected chi connectivity index (χ2v) is 4.75. The molecule has 0 unspecified atom stereocenters. The molecule has 3 nitrogen and oxygen atoms in total. The van der Waals surface area contributed by atoms with Crippen molar-refractivity contribution in [3.05, 3.63) is 11.9 Å². The van der Waals surface area contributed by atoms with Crippen molar-refractivity contribution in [2.75, 3.05) is 12.0 Å². The van der Waals surface area contributed by atoms with Gasteiger partial charge in [-0.15, -0.1) is 0 Å². The monoisotopic (exact) mass is 197 g/mol. The Morgan fingerprint density at radius 1 is 1.62 bits per heavy atom. The molecule has 0 aliphatic heterocycles. The molecule has 0 atom stereocenters. The number of thioether (sulfide) groups is 1. The molecule has 0 radical (unpaired) electrons. The molecule has 1 aliphatic rings. The lowest BCUT2D eigenvalue weighted by Crippen LogP contribution is -2.29. The highest BCUT2D eigenvalue weighted by Crippen LogP contribution is 2.39. The summed E-state index contributed by atoms with van der Waals surface area (Å²) in [6.07, 6.45) is 6.40. The number of aromatic nitrogens is 2. The maximum absolute atomic E-state index is 5.74. The van der Waals surface area contributed by atoms with E-state index in [9.17, 15) is 0 Å². The van der Waals surface area contributed by atoms with Crippen molar-refractivity contribution in [1.29, 1.82) is 0 Å². The fourth-order valence-corrected chi connectivity index (χ4v) is 2.56. The minimum absolute atomic E-state index is 0.592. The van der Waals surface area contributed by atoms with Gasteiger partial charge >= 0.3 is 0 Å². The summed E-state index contributed by atoms with van der Waals surface area (Å²) in [6.45, 7) is 2.04. The topological polar surface area (TPSA) is 43.8 Å². The smallest absolute Gasteiger partial charge is 0.0730 e. The fraction of sp³-hybridized carbons (Fsp3) is 0.667. The highest BCUT2D eigenvalue weighted by Gasteiger charge is 2.31. The summed E-state index contributed by atoms with van der Waals surface area (Å²) >= 11 is 1.95. The Morgan fingerprint density at radius 2 is 2.31 bits per heavy atom. The normalized spacial score (nSPS) is 27.2. The third-order valence-electron chi connectivity index (χ3n) is 2.83. The number of nitrogens with two attached hydrogens (primary N) is 1. The number of anilines is 1. The highest BCUT2D eigenvalue weighted by atomic mass is 32.2. The molecule has 1 aliphatic carbocycles. The molecule has 1 aromatic heterocycles. The van der Waals surface area contributed by atoms with Crippen LogP contribution in [-0.4, -0.2) is 21.3 Å². The summed E-state index contributed by atoms with van der Waals surface area (Å²) < 4.78 is 2.07. The Morgan fingerprint density at radius 3 is 2.77 bits per heavy atom. The molecule has 0 aromatic carbocycles. The van der Waals surface area contributed by atoms with Crippen LogP contribution in [0.5, 0.6) is 0 Å². The average Bonchev–Trinajstić information content (AvgIpc) is 2.34. The Kier molecular flexibility index (Phi) is 2.24. The van der Waals surface area contributed by atoms with Gasteiger partial charge in [0, 0.05) is 5.25 Å². The van der Waals surface area contributed by atoms with Crippen LogP contribution in [0.15, 0.2) is 6.20 Å². The first kappa shape index (κ1) is 8.94. The largest absolute Gasteiger partial charge is 0.396 e. The van der Waals surface area contributed by atoms with Gasteiger partial charge in [-0.1, -0.05) is 0 Å². The number of nitrogens with zero attached hydrogens (tertiary/aromatic N) is 2. The van der Waals surface area contributed by atoms with Crippen LogP contribution < -0.4 is 5.73 Å². The molecule has 2 N–H and O–H groups in total. The summed E-state index contributed by atoms with van der Waals surface area (Å²) in [7, 11) is 0. The van der Waals surface area contributed by atoms with E-state index in [1.807, 2.05) is 18.7 Å². The summed E-state index contributed by atoms with van der Waals surface area (Å²) in [6, 6.07) is 0.592. The third kappa shape index (κ3) is 1.43. The van der Waals surface area contributed by atoms with Crippen molar-refractivity contribution < 1.29 is 0 Å². The van der Waals surface area contributed by atoms with E-state index in [4.69, 9.17) is 5.73 Å². The second-order valence-electron chi connectivity index (χ2n) is 3.61. The molecule has 1 heterocycles. The van der Waals surface area contributed by atoms with E-state index in [1.54, 1.807) is 6.20 Å². The molecule has 72 valence electrons. The Bertz CT molecular complexity index is 302. The van der Waals surface area contributed by atoms with Gasteiger partial charge in [-0.05, 0) is 26.0 Å². The Balaban J connectivity index is 2.07. The first-order valence-electron chi connectivity index (χ1n) is 4.54. The van der Waals surface area contributed by atoms with Crippen LogP contribution in [0.4, 0.5) is 5.69 Å². The van der Waals surface area contributed by atoms with Crippen molar-refractivity contribution in [1.82, 2.24) is 9.78 Å². The fourth-order valence-electron chi connectivity index (χ4n) is 1.73. The molecule has 1 fully saturated rings. The van der Waals surface area contributed by atoms with Gasteiger partial charge in [-0.3, -0.25) is 4.68 Å². The molecule has 2 rings (SSSR count). The molecular weight excluding hydrogens is 182 g/mol.